The molecule has 1 unspecified atom stereocenters. The Labute approximate surface area is 243 Å². The summed E-state index contributed by atoms with van der Waals surface area (Å²) in [4.78, 5) is 0. The Morgan fingerprint density at radius 1 is 0.784 bits per heavy atom. The first-order chi connectivity index (χ1) is 17.6. The van der Waals surface area contributed by atoms with Crippen LogP contribution in [0.15, 0.2) is 12.2 Å². The summed E-state index contributed by atoms with van der Waals surface area (Å²) in [5, 5.41) is 3.22. The zero-order valence-corrected chi connectivity index (χ0v) is 29.7. The molecule has 0 aromatic carbocycles. The predicted molar refractivity (Wildman–Crippen MR) is 181 cm³/mol. The molecule has 0 aromatic heterocycles. The fourth-order valence-electron chi connectivity index (χ4n) is 2.46. The summed E-state index contributed by atoms with van der Waals surface area (Å²) < 4.78 is 5.57. The van der Waals surface area contributed by atoms with Gasteiger partial charge in [-0.3, -0.25) is 0 Å². The fourth-order valence-corrected chi connectivity index (χ4v) is 3.48. The van der Waals surface area contributed by atoms with Crippen molar-refractivity contribution in [1.29, 1.82) is 0 Å². The van der Waals surface area contributed by atoms with Gasteiger partial charge in [-0.25, -0.2) is 0 Å². The van der Waals surface area contributed by atoms with E-state index >= 15 is 0 Å². The quantitative estimate of drug-likeness (QED) is 0.355. The molecule has 0 bridgehead atoms. The lowest BCUT2D eigenvalue weighted by atomic mass is 9.88. The van der Waals surface area contributed by atoms with Gasteiger partial charge in [0.2, 0.25) is 0 Å². The van der Waals surface area contributed by atoms with E-state index in [0.29, 0.717) is 11.5 Å². The summed E-state index contributed by atoms with van der Waals surface area (Å²) in [7, 11) is 0. The summed E-state index contributed by atoms with van der Waals surface area (Å²) in [6.07, 6.45) is 15.3. The van der Waals surface area contributed by atoms with Crippen LogP contribution in [0.2, 0.25) is 0 Å². The summed E-state index contributed by atoms with van der Waals surface area (Å²) in [6.45, 7) is 35.4. The molecule has 37 heavy (non-hydrogen) atoms. The molecule has 3 aliphatic heterocycles. The molecule has 230 valence electrons. The summed E-state index contributed by atoms with van der Waals surface area (Å²) in [6, 6.07) is 0. The fraction of sp³-hybridized carbons (Fsp3) is 0.941. The molecule has 2 saturated heterocycles. The first-order valence-electron chi connectivity index (χ1n) is 16.2. The van der Waals surface area contributed by atoms with Crippen LogP contribution < -0.4 is 5.32 Å². The molecule has 0 aliphatic carbocycles. The van der Waals surface area contributed by atoms with Gasteiger partial charge in [0.05, 0.1) is 12.7 Å². The maximum absolute atomic E-state index is 5.57. The van der Waals surface area contributed by atoms with Crippen LogP contribution in [0.3, 0.4) is 0 Å². The predicted octanol–water partition coefficient (Wildman–Crippen LogP) is 11.8. The number of hydrogen-bond donors (Lipinski definition) is 1. The van der Waals surface area contributed by atoms with E-state index in [-0.39, 0.29) is 0 Å². The second-order valence-electron chi connectivity index (χ2n) is 10.8. The van der Waals surface area contributed by atoms with E-state index in [4.69, 9.17) is 4.74 Å². The number of hydrogen-bond acceptors (Lipinski definition) is 3. The van der Waals surface area contributed by atoms with E-state index in [1.54, 1.807) is 0 Å². The van der Waals surface area contributed by atoms with Crippen LogP contribution in [0.5, 0.6) is 0 Å². The summed E-state index contributed by atoms with van der Waals surface area (Å²) in [5.74, 6) is 4.60. The minimum atomic E-state index is 0.365. The minimum absolute atomic E-state index is 0.365. The highest BCUT2D eigenvalue weighted by Gasteiger charge is 2.18. The molecule has 2 fully saturated rings. The molecule has 0 saturated carbocycles. The van der Waals surface area contributed by atoms with Crippen molar-refractivity contribution in [2.75, 3.05) is 31.2 Å². The third kappa shape index (κ3) is 57.1. The first kappa shape index (κ1) is 46.8. The van der Waals surface area contributed by atoms with Crippen LogP contribution in [0.4, 0.5) is 0 Å². The van der Waals surface area contributed by atoms with Gasteiger partial charge in [-0.15, -0.1) is 0 Å². The Kier molecular flexibility index (Phi) is 51.3. The Morgan fingerprint density at radius 3 is 1.38 bits per heavy atom. The van der Waals surface area contributed by atoms with Gasteiger partial charge in [0.15, 0.2) is 0 Å². The van der Waals surface area contributed by atoms with Crippen LogP contribution in [-0.2, 0) is 4.74 Å². The molecule has 0 spiro atoms. The highest BCUT2D eigenvalue weighted by molar-refractivity contribution is 7.99. The van der Waals surface area contributed by atoms with Crippen molar-refractivity contribution in [3.8, 4) is 0 Å². The van der Waals surface area contributed by atoms with Gasteiger partial charge in [-0.05, 0) is 80.4 Å². The third-order valence-corrected chi connectivity index (χ3v) is 6.35. The maximum Gasteiger partial charge on any atom is 0.0760 e. The first-order valence-corrected chi connectivity index (χ1v) is 17.3. The zero-order chi connectivity index (χ0) is 30.0. The SMILES string of the molecule is C1CCNC1.C1CCSC1.CC.CC.CC.CC(C)(C)CC1C=CCCO1.CCC(C)C.CCC(C)C. The maximum atomic E-state index is 5.57. The number of rotatable bonds is 3. The Morgan fingerprint density at radius 2 is 1.19 bits per heavy atom. The average Bonchev–Trinajstić information content (AvgIpc) is 3.68. The van der Waals surface area contributed by atoms with E-state index < -0.39 is 0 Å². The van der Waals surface area contributed by atoms with Gasteiger partial charge < -0.3 is 10.1 Å². The Bertz CT molecular complexity index is 333. The van der Waals surface area contributed by atoms with Gasteiger partial charge in [0, 0.05) is 0 Å². The van der Waals surface area contributed by atoms with Crippen LogP contribution in [-0.4, -0.2) is 37.3 Å². The standard InChI is InChI=1S/C10H18O.2C5H12.C4H9N.C4H8S.3C2H6/c1-10(2,3)8-9-6-4-5-7-11-9;2*1-4-5(2)3;2*1-2-4-5-3-1;3*1-2/h4,6,9H,5,7-8H2,1-3H3;2*5H,4H2,1-3H3;5H,1-4H2;1-4H2;3*1-2H3. The van der Waals surface area contributed by atoms with Crippen molar-refractivity contribution >= 4 is 11.8 Å². The highest BCUT2D eigenvalue weighted by Crippen LogP contribution is 2.24. The van der Waals surface area contributed by atoms with E-state index in [9.17, 15) is 0 Å². The van der Waals surface area contributed by atoms with Gasteiger partial charge in [-0.2, -0.15) is 11.8 Å². The van der Waals surface area contributed by atoms with Crippen LogP contribution >= 0.6 is 11.8 Å². The van der Waals surface area contributed by atoms with Crippen molar-refractivity contribution in [3.05, 3.63) is 12.2 Å². The van der Waals surface area contributed by atoms with E-state index in [2.05, 4.69) is 91.5 Å². The van der Waals surface area contributed by atoms with Gasteiger partial charge in [0.25, 0.3) is 0 Å². The molecule has 0 aromatic rings. The molecule has 0 radical (unpaired) electrons. The molecule has 2 nitrogen and oxygen atoms in total. The summed E-state index contributed by atoms with van der Waals surface area (Å²) in [5.41, 5.74) is 0.381. The lowest BCUT2D eigenvalue weighted by molar-refractivity contribution is 0.0520. The number of nitrogens with one attached hydrogen (secondary N) is 1. The Balaban J connectivity index is -0.000000114. The molecule has 3 aliphatic rings. The van der Waals surface area contributed by atoms with Crippen LogP contribution in [0, 0.1) is 17.3 Å². The van der Waals surface area contributed by atoms with E-state index in [1.165, 1.54) is 63.1 Å². The van der Waals surface area contributed by atoms with Crippen molar-refractivity contribution in [2.45, 2.75) is 161 Å². The minimum Gasteiger partial charge on any atom is -0.374 e. The lowest BCUT2D eigenvalue weighted by Crippen LogP contribution is -2.21. The molecule has 1 N–H and O–H groups in total. The largest absolute Gasteiger partial charge is 0.374 e. The molecular formula is C34H77NOS. The Hall–Kier alpha value is 0.01000. The van der Waals surface area contributed by atoms with Crippen LogP contribution in [0.25, 0.3) is 0 Å². The van der Waals surface area contributed by atoms with Gasteiger partial charge >= 0.3 is 0 Å². The topological polar surface area (TPSA) is 21.3 Å². The van der Waals surface area contributed by atoms with Gasteiger partial charge in [-0.1, -0.05) is 129 Å². The van der Waals surface area contributed by atoms with Crippen molar-refractivity contribution in [3.63, 3.8) is 0 Å². The normalized spacial score (nSPS) is 17.2. The molecule has 3 heteroatoms. The highest BCUT2D eigenvalue weighted by atomic mass is 32.2. The molecule has 3 heterocycles. The molecule has 1 atom stereocenters. The number of thioether (sulfide) groups is 1. The monoisotopic (exact) mass is 548 g/mol. The lowest BCUT2D eigenvalue weighted by Gasteiger charge is -2.25. The smallest absolute Gasteiger partial charge is 0.0760 e. The average molecular weight is 548 g/mol. The number of ether oxygens (including phenoxy) is 1. The zero-order valence-electron chi connectivity index (χ0n) is 28.9. The third-order valence-electron chi connectivity index (χ3n) is 5.20. The molecule has 0 amide bonds. The van der Waals surface area contributed by atoms with Crippen molar-refractivity contribution in [1.82, 2.24) is 5.32 Å². The van der Waals surface area contributed by atoms with Crippen molar-refractivity contribution < 1.29 is 4.74 Å². The molecular weight excluding hydrogens is 470 g/mol. The second-order valence-corrected chi connectivity index (χ2v) is 12.0. The van der Waals surface area contributed by atoms with Gasteiger partial charge in [0.1, 0.15) is 0 Å². The van der Waals surface area contributed by atoms with E-state index in [1.807, 2.05) is 41.5 Å². The van der Waals surface area contributed by atoms with Crippen molar-refractivity contribution in [2.24, 2.45) is 17.3 Å². The van der Waals surface area contributed by atoms with Crippen LogP contribution in [0.1, 0.15) is 155 Å². The van der Waals surface area contributed by atoms with E-state index in [0.717, 1.165) is 31.3 Å². The summed E-state index contributed by atoms with van der Waals surface area (Å²) >= 11 is 2.07. The molecule has 3 rings (SSSR count). The second kappa shape index (κ2) is 40.5.